The molecule has 224 valence electrons. The highest BCUT2D eigenvalue weighted by molar-refractivity contribution is 6.39. The Balaban J connectivity index is 1.66. The Bertz CT molecular complexity index is 849. The van der Waals surface area contributed by atoms with E-state index < -0.39 is 41.5 Å². The van der Waals surface area contributed by atoms with E-state index in [2.05, 4.69) is 6.92 Å². The van der Waals surface area contributed by atoms with Crippen LogP contribution in [0.1, 0.15) is 98.8 Å². The van der Waals surface area contributed by atoms with Gasteiger partial charge in [-0.3, -0.25) is 9.59 Å². The summed E-state index contributed by atoms with van der Waals surface area (Å²) < 4.78 is 17.3. The molecule has 3 aliphatic rings. The van der Waals surface area contributed by atoms with Crippen LogP contribution in [0.3, 0.4) is 0 Å². The number of likely N-dealkylation sites (tertiary alicyclic amines) is 1. The van der Waals surface area contributed by atoms with Crippen LogP contribution in [0.15, 0.2) is 0 Å². The van der Waals surface area contributed by atoms with Gasteiger partial charge in [-0.2, -0.15) is 0 Å². The fourth-order valence-electron chi connectivity index (χ4n) is 6.64. The van der Waals surface area contributed by atoms with Crippen molar-refractivity contribution in [2.45, 2.75) is 135 Å². The van der Waals surface area contributed by atoms with E-state index in [1.54, 1.807) is 14.0 Å². The molecule has 3 fully saturated rings. The summed E-state index contributed by atoms with van der Waals surface area (Å²) in [6, 6.07) is -0.859. The Labute approximate surface area is 233 Å². The summed E-state index contributed by atoms with van der Waals surface area (Å²) in [6.07, 6.45) is 5.76. The highest BCUT2D eigenvalue weighted by Crippen LogP contribution is 2.37. The Kier molecular flexibility index (Phi) is 11.4. The van der Waals surface area contributed by atoms with Crippen molar-refractivity contribution in [3.63, 3.8) is 0 Å². The minimum Gasteiger partial charge on any atom is -0.461 e. The van der Waals surface area contributed by atoms with Crippen LogP contribution in [-0.4, -0.2) is 82.7 Å². The van der Waals surface area contributed by atoms with Gasteiger partial charge in [-0.25, -0.2) is 4.79 Å². The monoisotopic (exact) mass is 553 g/mol. The first-order valence-electron chi connectivity index (χ1n) is 15.1. The van der Waals surface area contributed by atoms with Crippen LogP contribution < -0.4 is 0 Å². The number of rotatable bonds is 10. The predicted octanol–water partition coefficient (Wildman–Crippen LogP) is 3.62. The molecular weight excluding hydrogens is 502 g/mol. The van der Waals surface area contributed by atoms with Crippen molar-refractivity contribution in [3.8, 4) is 0 Å². The van der Waals surface area contributed by atoms with Crippen molar-refractivity contribution < 1.29 is 38.8 Å². The smallest absolute Gasteiger partial charge is 0.329 e. The number of amides is 1. The molecule has 2 aliphatic heterocycles. The van der Waals surface area contributed by atoms with Crippen molar-refractivity contribution in [2.75, 3.05) is 13.7 Å². The van der Waals surface area contributed by atoms with Crippen LogP contribution in [0.2, 0.25) is 0 Å². The van der Waals surface area contributed by atoms with Gasteiger partial charge in [-0.1, -0.05) is 34.6 Å². The number of esters is 1. The zero-order valence-corrected chi connectivity index (χ0v) is 24.8. The number of aliphatic hydroxyl groups excluding tert-OH is 1. The summed E-state index contributed by atoms with van der Waals surface area (Å²) in [5.74, 6) is -4.51. The average Bonchev–Trinajstić information content (AvgIpc) is 2.93. The van der Waals surface area contributed by atoms with E-state index in [9.17, 15) is 24.6 Å². The van der Waals surface area contributed by atoms with E-state index in [0.29, 0.717) is 44.4 Å². The van der Waals surface area contributed by atoms with Crippen LogP contribution in [0.4, 0.5) is 0 Å². The summed E-state index contributed by atoms with van der Waals surface area (Å²) in [6.45, 7) is 9.96. The number of ketones is 1. The Hall–Kier alpha value is -1.55. The summed E-state index contributed by atoms with van der Waals surface area (Å²) in [5.41, 5.74) is 0. The maximum Gasteiger partial charge on any atom is 0.329 e. The van der Waals surface area contributed by atoms with Gasteiger partial charge in [0.05, 0.1) is 18.3 Å². The lowest BCUT2D eigenvalue weighted by atomic mass is 9.79. The molecule has 2 N–H and O–H groups in total. The summed E-state index contributed by atoms with van der Waals surface area (Å²) in [5, 5.41) is 21.4. The largest absolute Gasteiger partial charge is 0.461 e. The molecule has 0 radical (unpaired) electrons. The molecule has 3 rings (SSSR count). The first kappa shape index (κ1) is 32.0. The summed E-state index contributed by atoms with van der Waals surface area (Å²) in [4.78, 5) is 41.6. The lowest BCUT2D eigenvalue weighted by Gasteiger charge is -2.43. The number of ether oxygens (including phenoxy) is 3. The molecule has 0 aromatic heterocycles. The van der Waals surface area contributed by atoms with E-state index in [-0.39, 0.29) is 36.7 Å². The van der Waals surface area contributed by atoms with Crippen molar-refractivity contribution in [3.05, 3.63) is 0 Å². The molecule has 0 spiro atoms. The topological polar surface area (TPSA) is 123 Å². The number of piperidine rings is 1. The van der Waals surface area contributed by atoms with Gasteiger partial charge >= 0.3 is 5.97 Å². The van der Waals surface area contributed by atoms with Gasteiger partial charge in [0.25, 0.3) is 11.7 Å². The fraction of sp³-hybridized carbons (Fsp3) is 0.900. The number of nitrogens with zero attached hydrogens (tertiary/aromatic N) is 1. The van der Waals surface area contributed by atoms with Crippen molar-refractivity contribution >= 4 is 17.7 Å². The number of hydrogen-bond donors (Lipinski definition) is 2. The van der Waals surface area contributed by atoms with Gasteiger partial charge in [-0.15, -0.1) is 0 Å². The van der Waals surface area contributed by atoms with E-state index in [0.717, 1.165) is 25.7 Å². The molecule has 1 amide bonds. The molecule has 1 unspecified atom stereocenters. The Morgan fingerprint density at radius 3 is 2.44 bits per heavy atom. The second kappa shape index (κ2) is 13.9. The molecule has 9 atom stereocenters. The SMILES string of the molecule is CC[C@H](OC(=O)[C@@H]1CCCCN1C(=O)C(=O)[C@]1(O)OC(C(C)C)CC[C@H]1C)[C@H](C)C[C@@H]1CC[C@@H](O)[C@H](OC)C1. The zero-order valence-electron chi connectivity index (χ0n) is 24.8. The van der Waals surface area contributed by atoms with Gasteiger partial charge in [0.2, 0.25) is 5.79 Å². The van der Waals surface area contributed by atoms with Gasteiger partial charge in [0.1, 0.15) is 12.1 Å². The van der Waals surface area contributed by atoms with E-state index in [1.165, 1.54) is 4.90 Å². The number of aliphatic hydroxyl groups is 2. The molecule has 1 saturated carbocycles. The molecule has 9 nitrogen and oxygen atoms in total. The van der Waals surface area contributed by atoms with Crippen LogP contribution in [0.5, 0.6) is 0 Å². The van der Waals surface area contributed by atoms with E-state index >= 15 is 0 Å². The first-order valence-corrected chi connectivity index (χ1v) is 15.1. The molecule has 39 heavy (non-hydrogen) atoms. The maximum atomic E-state index is 13.5. The van der Waals surface area contributed by atoms with Crippen LogP contribution in [0.25, 0.3) is 0 Å². The maximum absolute atomic E-state index is 13.5. The molecule has 0 aromatic rings. The van der Waals surface area contributed by atoms with Crippen LogP contribution in [-0.2, 0) is 28.6 Å². The Morgan fingerprint density at radius 1 is 1.08 bits per heavy atom. The fourth-order valence-corrected chi connectivity index (χ4v) is 6.64. The van der Waals surface area contributed by atoms with Crippen LogP contribution >= 0.6 is 0 Å². The first-order chi connectivity index (χ1) is 18.4. The van der Waals surface area contributed by atoms with Gasteiger partial charge in [0.15, 0.2) is 0 Å². The highest BCUT2D eigenvalue weighted by Gasteiger charge is 2.53. The second-order valence-electron chi connectivity index (χ2n) is 12.5. The molecule has 2 heterocycles. The van der Waals surface area contributed by atoms with Crippen molar-refractivity contribution in [2.24, 2.45) is 23.7 Å². The average molecular weight is 554 g/mol. The summed E-state index contributed by atoms with van der Waals surface area (Å²) >= 11 is 0. The quantitative estimate of drug-likeness (QED) is 0.311. The standard InChI is InChI=1S/C30H51NO8/c1-7-24(19(4)16-21-12-13-23(32)26(17-21)37-6)38-29(35)22-10-8-9-15-31(22)28(34)27(33)30(36)20(5)11-14-25(39-30)18(2)3/h18-26,32,36H,7-17H2,1-6H3/t19-,20-,21+,22+,23-,24+,25?,26-,30-/m1/s1. The molecule has 0 bridgehead atoms. The molecule has 9 heteroatoms. The molecular formula is C30H51NO8. The molecule has 2 saturated heterocycles. The van der Waals surface area contributed by atoms with Gasteiger partial charge in [-0.05, 0) is 82.0 Å². The molecule has 0 aromatic carbocycles. The zero-order chi connectivity index (χ0) is 28.9. The van der Waals surface area contributed by atoms with E-state index in [4.69, 9.17) is 14.2 Å². The van der Waals surface area contributed by atoms with Crippen molar-refractivity contribution in [1.29, 1.82) is 0 Å². The third-order valence-electron chi connectivity index (χ3n) is 9.36. The number of methoxy groups -OCH3 is 1. The predicted molar refractivity (Wildman–Crippen MR) is 146 cm³/mol. The van der Waals surface area contributed by atoms with Crippen molar-refractivity contribution in [1.82, 2.24) is 4.90 Å². The number of carbonyl (C=O) groups excluding carboxylic acids is 3. The minimum absolute atomic E-state index is 0.0937. The van der Waals surface area contributed by atoms with Gasteiger partial charge in [0, 0.05) is 19.6 Å². The Morgan fingerprint density at radius 2 is 1.79 bits per heavy atom. The van der Waals surface area contributed by atoms with Crippen LogP contribution in [0, 0.1) is 23.7 Å². The summed E-state index contributed by atoms with van der Waals surface area (Å²) in [7, 11) is 1.63. The number of carbonyl (C=O) groups is 3. The number of hydrogen-bond acceptors (Lipinski definition) is 8. The number of Topliss-reactive ketones (excluding diaryl/α,β-unsaturated/α-hetero) is 1. The van der Waals surface area contributed by atoms with E-state index in [1.807, 2.05) is 20.8 Å². The second-order valence-corrected chi connectivity index (χ2v) is 12.5. The lowest BCUT2D eigenvalue weighted by molar-refractivity contribution is -0.269. The van der Waals surface area contributed by atoms with Gasteiger partial charge < -0.3 is 29.3 Å². The normalized spacial score (nSPS) is 35.4. The third-order valence-corrected chi connectivity index (χ3v) is 9.36. The minimum atomic E-state index is -2.19. The molecule has 1 aliphatic carbocycles. The highest BCUT2D eigenvalue weighted by atomic mass is 16.6. The third kappa shape index (κ3) is 7.40. The lowest BCUT2D eigenvalue weighted by Crippen LogP contribution is -2.61.